The number of hydrogen-bond donors (Lipinski definition) is 1. The summed E-state index contributed by atoms with van der Waals surface area (Å²) in [6, 6.07) is 5.75. The first-order chi connectivity index (χ1) is 12.8. The Hall–Kier alpha value is -2.04. The van der Waals surface area contributed by atoms with Crippen molar-refractivity contribution in [3.63, 3.8) is 0 Å². The Balaban J connectivity index is 1.52. The molecule has 2 saturated carbocycles. The van der Waals surface area contributed by atoms with Crippen molar-refractivity contribution in [3.8, 4) is 5.75 Å². The number of fused-ring (bicyclic) bond motifs is 2. The van der Waals surface area contributed by atoms with Crippen LogP contribution in [-0.2, 0) is 19.7 Å². The summed E-state index contributed by atoms with van der Waals surface area (Å²) in [5.41, 5.74) is 1.64. The number of hydrogen-bond acceptors (Lipinski definition) is 4. The van der Waals surface area contributed by atoms with Gasteiger partial charge in [0, 0.05) is 6.42 Å². The van der Waals surface area contributed by atoms with E-state index >= 15 is 0 Å². The number of nitrogens with one attached hydrogen (secondary N) is 1. The molecule has 3 atom stereocenters. The molecule has 0 saturated heterocycles. The van der Waals surface area contributed by atoms with Gasteiger partial charge in [-0.05, 0) is 60.1 Å². The van der Waals surface area contributed by atoms with Crippen LogP contribution in [0.1, 0.15) is 58.4 Å². The van der Waals surface area contributed by atoms with E-state index in [1.807, 2.05) is 18.2 Å². The third-order valence-corrected chi connectivity index (χ3v) is 6.02. The maximum absolute atomic E-state index is 12.3. The Labute approximate surface area is 161 Å². The van der Waals surface area contributed by atoms with Crippen LogP contribution in [0.15, 0.2) is 18.2 Å². The Morgan fingerprint density at radius 1 is 1.19 bits per heavy atom. The summed E-state index contributed by atoms with van der Waals surface area (Å²) in [4.78, 5) is 24.4. The minimum absolute atomic E-state index is 0.0428. The normalized spacial score (nSPS) is 23.9. The third-order valence-electron chi connectivity index (χ3n) is 6.02. The molecule has 0 spiro atoms. The second-order valence-electron chi connectivity index (χ2n) is 9.01. The van der Waals surface area contributed by atoms with Gasteiger partial charge in [-0.15, -0.1) is 0 Å². The molecule has 2 aliphatic rings. The summed E-state index contributed by atoms with van der Waals surface area (Å²) >= 11 is 0. The van der Waals surface area contributed by atoms with Crippen molar-refractivity contribution < 1.29 is 19.1 Å². The topological polar surface area (TPSA) is 64.6 Å². The molecular formula is C22H31NO4. The van der Waals surface area contributed by atoms with Gasteiger partial charge in [-0.2, -0.15) is 0 Å². The highest BCUT2D eigenvalue weighted by Crippen LogP contribution is 2.49. The standard InChI is InChI=1S/C22H31NO4/c1-22(2,3)17-7-8-19(26-4)18(12-17)23-20(24)13-27-21(25)11-16-10-14-5-6-15(16)9-14/h7-8,12,14-16H,5-6,9-11,13H2,1-4H3,(H,23,24)/t14-,15+,16-/m0/s1. The average molecular weight is 373 g/mol. The van der Waals surface area contributed by atoms with Gasteiger partial charge in [-0.25, -0.2) is 0 Å². The van der Waals surface area contributed by atoms with Crippen molar-refractivity contribution in [2.45, 2.75) is 58.3 Å². The van der Waals surface area contributed by atoms with E-state index in [9.17, 15) is 9.59 Å². The van der Waals surface area contributed by atoms with Crippen molar-refractivity contribution in [1.29, 1.82) is 0 Å². The van der Waals surface area contributed by atoms with Crippen LogP contribution in [0.2, 0.25) is 0 Å². The van der Waals surface area contributed by atoms with Gasteiger partial charge < -0.3 is 14.8 Å². The molecule has 1 N–H and O–H groups in total. The molecule has 0 radical (unpaired) electrons. The highest BCUT2D eigenvalue weighted by Gasteiger charge is 2.40. The minimum Gasteiger partial charge on any atom is -0.495 e. The molecule has 1 amide bonds. The average Bonchev–Trinajstić information content (AvgIpc) is 3.22. The van der Waals surface area contributed by atoms with Crippen molar-refractivity contribution in [2.75, 3.05) is 19.0 Å². The van der Waals surface area contributed by atoms with Crippen LogP contribution in [0.4, 0.5) is 5.69 Å². The molecule has 1 aromatic rings. The van der Waals surface area contributed by atoms with Crippen LogP contribution in [0.3, 0.4) is 0 Å². The maximum Gasteiger partial charge on any atom is 0.306 e. The van der Waals surface area contributed by atoms with Crippen LogP contribution in [0.25, 0.3) is 0 Å². The van der Waals surface area contributed by atoms with Crippen LogP contribution < -0.4 is 10.1 Å². The van der Waals surface area contributed by atoms with Crippen LogP contribution in [-0.4, -0.2) is 25.6 Å². The van der Waals surface area contributed by atoms with Crippen LogP contribution in [0.5, 0.6) is 5.75 Å². The molecule has 0 unspecified atom stereocenters. The Bertz CT molecular complexity index is 707. The first kappa shape index (κ1) is 19.7. The van der Waals surface area contributed by atoms with E-state index in [1.165, 1.54) is 19.3 Å². The lowest BCUT2D eigenvalue weighted by atomic mass is 9.86. The van der Waals surface area contributed by atoms with Crippen molar-refractivity contribution in [1.82, 2.24) is 0 Å². The van der Waals surface area contributed by atoms with Gasteiger partial charge in [0.05, 0.1) is 12.8 Å². The Morgan fingerprint density at radius 3 is 2.56 bits per heavy atom. The molecule has 0 aliphatic heterocycles. The van der Waals surface area contributed by atoms with E-state index in [1.54, 1.807) is 7.11 Å². The number of esters is 1. The monoisotopic (exact) mass is 373 g/mol. The highest BCUT2D eigenvalue weighted by molar-refractivity contribution is 5.94. The zero-order valence-corrected chi connectivity index (χ0v) is 16.8. The lowest BCUT2D eigenvalue weighted by Gasteiger charge is -2.21. The number of carbonyl (C=O) groups excluding carboxylic acids is 2. The van der Waals surface area contributed by atoms with Crippen LogP contribution >= 0.6 is 0 Å². The molecule has 27 heavy (non-hydrogen) atoms. The zero-order chi connectivity index (χ0) is 19.6. The lowest BCUT2D eigenvalue weighted by Crippen LogP contribution is -2.23. The van der Waals surface area contributed by atoms with E-state index in [0.29, 0.717) is 29.7 Å². The number of benzene rings is 1. The first-order valence-electron chi connectivity index (χ1n) is 9.90. The van der Waals surface area contributed by atoms with Gasteiger partial charge >= 0.3 is 5.97 Å². The lowest BCUT2D eigenvalue weighted by molar-refractivity contribution is -0.148. The molecular weight excluding hydrogens is 342 g/mol. The fourth-order valence-electron chi connectivity index (χ4n) is 4.50. The summed E-state index contributed by atoms with van der Waals surface area (Å²) in [6.45, 7) is 6.07. The Kier molecular flexibility index (Phi) is 5.78. The molecule has 2 aliphatic carbocycles. The highest BCUT2D eigenvalue weighted by atomic mass is 16.5. The number of anilines is 1. The summed E-state index contributed by atoms with van der Waals surface area (Å²) in [7, 11) is 1.57. The molecule has 2 bridgehead atoms. The second kappa shape index (κ2) is 7.91. The van der Waals surface area contributed by atoms with Gasteiger partial charge in [0.15, 0.2) is 6.61 Å². The summed E-state index contributed by atoms with van der Waals surface area (Å²) in [6.07, 6.45) is 5.41. The zero-order valence-electron chi connectivity index (χ0n) is 16.8. The molecule has 2 fully saturated rings. The maximum atomic E-state index is 12.3. The molecule has 0 aromatic heterocycles. The third kappa shape index (κ3) is 4.82. The van der Waals surface area contributed by atoms with E-state index in [0.717, 1.165) is 17.9 Å². The molecule has 3 rings (SSSR count). The second-order valence-corrected chi connectivity index (χ2v) is 9.01. The fraction of sp³-hybridized carbons (Fsp3) is 0.636. The number of carbonyl (C=O) groups is 2. The molecule has 148 valence electrons. The van der Waals surface area contributed by atoms with Crippen molar-refractivity contribution >= 4 is 17.6 Å². The predicted octanol–water partition coefficient (Wildman–Crippen LogP) is 4.30. The largest absolute Gasteiger partial charge is 0.495 e. The van der Waals surface area contributed by atoms with Gasteiger partial charge in [0.1, 0.15) is 5.75 Å². The number of methoxy groups -OCH3 is 1. The number of rotatable bonds is 6. The van der Waals surface area contributed by atoms with E-state index < -0.39 is 0 Å². The molecule has 0 heterocycles. The predicted molar refractivity (Wildman–Crippen MR) is 105 cm³/mol. The van der Waals surface area contributed by atoms with Crippen LogP contribution in [0, 0.1) is 17.8 Å². The van der Waals surface area contributed by atoms with E-state index in [-0.39, 0.29) is 23.9 Å². The van der Waals surface area contributed by atoms with Gasteiger partial charge in [-0.1, -0.05) is 33.3 Å². The number of ether oxygens (including phenoxy) is 2. The van der Waals surface area contributed by atoms with Gasteiger partial charge in [-0.3, -0.25) is 9.59 Å². The Morgan fingerprint density at radius 2 is 1.96 bits per heavy atom. The number of amides is 1. The smallest absolute Gasteiger partial charge is 0.306 e. The SMILES string of the molecule is COc1ccc(C(C)(C)C)cc1NC(=O)COC(=O)C[C@@H]1C[C@H]2CC[C@@H]1C2. The first-order valence-corrected chi connectivity index (χ1v) is 9.90. The summed E-state index contributed by atoms with van der Waals surface area (Å²) in [5.74, 6) is 1.91. The molecule has 5 nitrogen and oxygen atoms in total. The fourth-order valence-corrected chi connectivity index (χ4v) is 4.50. The summed E-state index contributed by atoms with van der Waals surface area (Å²) in [5, 5.41) is 2.81. The minimum atomic E-state index is -0.347. The van der Waals surface area contributed by atoms with Crippen molar-refractivity contribution in [2.24, 2.45) is 17.8 Å². The van der Waals surface area contributed by atoms with Gasteiger partial charge in [0.2, 0.25) is 0 Å². The molecule has 5 heteroatoms. The van der Waals surface area contributed by atoms with E-state index in [4.69, 9.17) is 9.47 Å². The van der Waals surface area contributed by atoms with E-state index in [2.05, 4.69) is 26.1 Å². The van der Waals surface area contributed by atoms with Gasteiger partial charge in [0.25, 0.3) is 5.91 Å². The quantitative estimate of drug-likeness (QED) is 0.755. The molecule has 1 aromatic carbocycles. The summed E-state index contributed by atoms with van der Waals surface area (Å²) < 4.78 is 10.6. The van der Waals surface area contributed by atoms with Crippen molar-refractivity contribution in [3.05, 3.63) is 23.8 Å².